The van der Waals surface area contributed by atoms with Crippen molar-refractivity contribution in [2.45, 2.75) is 199 Å². The Balaban J connectivity index is 4.17. The fraction of sp³-hybridized carbons (Fsp3) is 0.766. The lowest BCUT2D eigenvalue weighted by atomic mass is 10.1. The molecule has 332 valence electrons. The summed E-state index contributed by atoms with van der Waals surface area (Å²) in [7, 11) is -4.53. The second-order valence-corrected chi connectivity index (χ2v) is 16.5. The summed E-state index contributed by atoms with van der Waals surface area (Å²) in [5, 5.41) is 18.4. The highest BCUT2D eigenvalue weighted by Gasteiger charge is 2.26. The van der Waals surface area contributed by atoms with Crippen LogP contribution in [0, 0.1) is 0 Å². The lowest BCUT2D eigenvalue weighted by Gasteiger charge is -2.20. The zero-order valence-electron chi connectivity index (χ0n) is 36.3. The monoisotopic (exact) mass is 825 g/mol. The summed E-state index contributed by atoms with van der Waals surface area (Å²) in [6, 6.07) is 0. The minimum absolute atomic E-state index is 0.0344. The van der Waals surface area contributed by atoms with Crippen molar-refractivity contribution in [1.82, 2.24) is 0 Å². The molecule has 0 heterocycles. The number of hydrogen-bond acceptors (Lipinski definition) is 8. The number of aliphatic hydroxyl groups excluding tert-OH is 2. The molecule has 0 bridgehead atoms. The normalized spacial score (nSPS) is 14.5. The second kappa shape index (κ2) is 43.7. The zero-order valence-corrected chi connectivity index (χ0v) is 37.2. The van der Waals surface area contributed by atoms with Gasteiger partial charge in [-0.15, -0.1) is 0 Å². The molecule has 3 atom stereocenters. The van der Waals surface area contributed by atoms with Gasteiger partial charge in [0.25, 0.3) is 0 Å². The van der Waals surface area contributed by atoms with Gasteiger partial charge in [0.05, 0.1) is 26.4 Å². The van der Waals surface area contributed by atoms with Crippen LogP contribution in [0.3, 0.4) is 0 Å². The van der Waals surface area contributed by atoms with Gasteiger partial charge in [-0.1, -0.05) is 164 Å². The third kappa shape index (κ3) is 43.6. The van der Waals surface area contributed by atoms with Crippen molar-refractivity contribution in [2.75, 3.05) is 33.0 Å². The first kappa shape index (κ1) is 55.2. The van der Waals surface area contributed by atoms with Crippen molar-refractivity contribution in [2.24, 2.45) is 0 Å². The molecule has 0 aliphatic heterocycles. The Morgan fingerprint density at radius 3 is 1.47 bits per heavy atom. The van der Waals surface area contributed by atoms with E-state index in [1.807, 2.05) is 0 Å². The molecule has 0 spiro atoms. The summed E-state index contributed by atoms with van der Waals surface area (Å²) in [6.07, 6.45) is 50.3. The standard InChI is InChI=1S/C47H85O9P/c1-3-5-7-9-11-13-15-17-19-20-21-22-23-24-25-26-28-30-32-34-36-38-40-53-43-46(44-55-57(51,52)54-42-45(49)41-48)56-47(50)39-37-35-33-31-29-27-18-16-14-12-10-8-6-4-2/h10,12,15-18,20-21,23-24,45-46,48-49H,3-9,11,13-14,19,22,25-44H2,1-2H3,(H,51,52)/b12-10-,17-15-,18-16-,21-20-,24-23-. The molecule has 0 rings (SSSR count). The van der Waals surface area contributed by atoms with Crippen LogP contribution in [0.4, 0.5) is 0 Å². The van der Waals surface area contributed by atoms with Crippen LogP contribution in [0.2, 0.25) is 0 Å². The number of allylic oxidation sites excluding steroid dienone is 10. The molecule has 0 saturated carbocycles. The summed E-state index contributed by atoms with van der Waals surface area (Å²) >= 11 is 0. The first-order chi connectivity index (χ1) is 27.8. The summed E-state index contributed by atoms with van der Waals surface area (Å²) in [5.41, 5.74) is 0. The maximum atomic E-state index is 12.6. The Morgan fingerprint density at radius 1 is 0.544 bits per heavy atom. The summed E-state index contributed by atoms with van der Waals surface area (Å²) in [5.74, 6) is -0.402. The van der Waals surface area contributed by atoms with Gasteiger partial charge in [-0.2, -0.15) is 0 Å². The van der Waals surface area contributed by atoms with Gasteiger partial charge in [-0.05, 0) is 77.0 Å². The SMILES string of the molecule is CCCC/C=C\C/C=C\CCCCCCCC(=O)OC(COCCCCCCCCC/C=C\C/C=C\C/C=C\CCCCCCC)COP(=O)(O)OCC(O)CO. The molecule has 9 nitrogen and oxygen atoms in total. The van der Waals surface area contributed by atoms with Gasteiger partial charge >= 0.3 is 13.8 Å². The molecule has 0 aromatic heterocycles. The van der Waals surface area contributed by atoms with Crippen LogP contribution >= 0.6 is 7.82 Å². The minimum Gasteiger partial charge on any atom is -0.457 e. The van der Waals surface area contributed by atoms with E-state index in [9.17, 15) is 19.4 Å². The number of carbonyl (C=O) groups excluding carboxylic acids is 1. The van der Waals surface area contributed by atoms with Crippen LogP contribution in [0.1, 0.15) is 187 Å². The Hall–Kier alpha value is -1.84. The van der Waals surface area contributed by atoms with Crippen LogP contribution in [0.5, 0.6) is 0 Å². The first-order valence-corrected chi connectivity index (χ1v) is 24.3. The van der Waals surface area contributed by atoms with Gasteiger partial charge in [0, 0.05) is 13.0 Å². The summed E-state index contributed by atoms with van der Waals surface area (Å²) in [6.45, 7) is 3.42. The number of phosphoric ester groups is 1. The molecule has 0 radical (unpaired) electrons. The molecule has 57 heavy (non-hydrogen) atoms. The molecule has 0 fully saturated rings. The Morgan fingerprint density at radius 2 is 0.965 bits per heavy atom. The maximum Gasteiger partial charge on any atom is 0.472 e. The fourth-order valence-corrected chi connectivity index (χ4v) is 6.70. The van der Waals surface area contributed by atoms with Gasteiger partial charge < -0.3 is 24.6 Å². The zero-order chi connectivity index (χ0) is 41.8. The van der Waals surface area contributed by atoms with E-state index in [0.29, 0.717) is 13.0 Å². The predicted molar refractivity (Wildman–Crippen MR) is 237 cm³/mol. The second-order valence-electron chi connectivity index (χ2n) is 15.1. The van der Waals surface area contributed by atoms with Crippen LogP contribution in [0.25, 0.3) is 0 Å². The fourth-order valence-electron chi connectivity index (χ4n) is 5.91. The highest BCUT2D eigenvalue weighted by molar-refractivity contribution is 7.47. The van der Waals surface area contributed by atoms with Gasteiger partial charge in [0.15, 0.2) is 0 Å². The smallest absolute Gasteiger partial charge is 0.457 e. The molecule has 0 aromatic carbocycles. The average molecular weight is 825 g/mol. The average Bonchev–Trinajstić information content (AvgIpc) is 3.20. The van der Waals surface area contributed by atoms with Crippen molar-refractivity contribution in [3.05, 3.63) is 60.8 Å². The number of phosphoric acid groups is 1. The van der Waals surface area contributed by atoms with Crippen molar-refractivity contribution in [3.63, 3.8) is 0 Å². The van der Waals surface area contributed by atoms with E-state index < -0.39 is 39.2 Å². The van der Waals surface area contributed by atoms with Crippen molar-refractivity contribution in [3.8, 4) is 0 Å². The van der Waals surface area contributed by atoms with Crippen LogP contribution in [0.15, 0.2) is 60.8 Å². The lowest BCUT2D eigenvalue weighted by Crippen LogP contribution is -2.29. The van der Waals surface area contributed by atoms with Crippen molar-refractivity contribution >= 4 is 13.8 Å². The van der Waals surface area contributed by atoms with Gasteiger partial charge in [-0.3, -0.25) is 13.8 Å². The summed E-state index contributed by atoms with van der Waals surface area (Å²) in [4.78, 5) is 22.6. The molecule has 0 saturated heterocycles. The maximum absolute atomic E-state index is 12.6. The third-order valence-electron chi connectivity index (χ3n) is 9.43. The van der Waals surface area contributed by atoms with Gasteiger partial charge in [0.1, 0.15) is 12.2 Å². The number of unbranched alkanes of at least 4 members (excludes halogenated alkanes) is 19. The van der Waals surface area contributed by atoms with E-state index in [0.717, 1.165) is 83.5 Å². The van der Waals surface area contributed by atoms with E-state index in [2.05, 4.69) is 74.6 Å². The van der Waals surface area contributed by atoms with Crippen LogP contribution in [-0.4, -0.2) is 66.3 Å². The molecular weight excluding hydrogens is 739 g/mol. The molecule has 0 amide bonds. The molecule has 3 unspecified atom stereocenters. The number of aliphatic hydroxyl groups is 2. The van der Waals surface area contributed by atoms with Crippen LogP contribution < -0.4 is 0 Å². The van der Waals surface area contributed by atoms with Crippen LogP contribution in [-0.2, 0) is 27.9 Å². The van der Waals surface area contributed by atoms with E-state index >= 15 is 0 Å². The Labute approximate surface area is 349 Å². The topological polar surface area (TPSA) is 132 Å². The third-order valence-corrected chi connectivity index (χ3v) is 10.4. The lowest BCUT2D eigenvalue weighted by molar-refractivity contribution is -0.154. The van der Waals surface area contributed by atoms with Crippen molar-refractivity contribution in [1.29, 1.82) is 0 Å². The van der Waals surface area contributed by atoms with Crippen molar-refractivity contribution < 1.29 is 43.0 Å². The molecule has 3 N–H and O–H groups in total. The predicted octanol–water partition coefficient (Wildman–Crippen LogP) is 12.8. The van der Waals surface area contributed by atoms with E-state index in [-0.39, 0.29) is 19.6 Å². The minimum atomic E-state index is -4.53. The Bertz CT molecular complexity index is 1070. The first-order valence-electron chi connectivity index (χ1n) is 22.8. The molecule has 0 aliphatic rings. The van der Waals surface area contributed by atoms with E-state index in [4.69, 9.17) is 23.6 Å². The molecular formula is C47H85O9P. The van der Waals surface area contributed by atoms with Gasteiger partial charge in [0.2, 0.25) is 0 Å². The number of hydrogen-bond donors (Lipinski definition) is 3. The van der Waals surface area contributed by atoms with E-state index in [1.54, 1.807) is 0 Å². The molecule has 0 aromatic rings. The molecule has 0 aliphatic carbocycles. The number of esters is 1. The summed E-state index contributed by atoms with van der Waals surface area (Å²) < 4.78 is 33.4. The van der Waals surface area contributed by atoms with E-state index in [1.165, 1.54) is 77.0 Å². The Kier molecular flexibility index (Phi) is 42.3. The highest BCUT2D eigenvalue weighted by atomic mass is 31.2. The highest BCUT2D eigenvalue weighted by Crippen LogP contribution is 2.43. The number of ether oxygens (including phenoxy) is 2. The quantitative estimate of drug-likeness (QED) is 0.0238. The molecule has 10 heteroatoms. The largest absolute Gasteiger partial charge is 0.472 e. The number of carbonyl (C=O) groups is 1. The van der Waals surface area contributed by atoms with Gasteiger partial charge in [-0.25, -0.2) is 4.57 Å². The number of rotatable bonds is 43.